The van der Waals surface area contributed by atoms with Crippen molar-refractivity contribution in [3.05, 3.63) is 47.2 Å². The van der Waals surface area contributed by atoms with Gasteiger partial charge in [0.05, 0.1) is 21.5 Å². The third-order valence-electron chi connectivity index (χ3n) is 4.00. The number of fused-ring (bicyclic) bond motifs is 4. The van der Waals surface area contributed by atoms with E-state index in [9.17, 15) is 9.18 Å². The molecule has 0 saturated heterocycles. The number of carbonyl (C=O) groups is 1. The lowest BCUT2D eigenvalue weighted by molar-refractivity contribution is -0.113. The van der Waals surface area contributed by atoms with E-state index in [0.29, 0.717) is 31.9 Å². The first-order valence-corrected chi connectivity index (χ1v) is 10.4. The number of anilines is 1. The van der Waals surface area contributed by atoms with Crippen molar-refractivity contribution in [2.75, 3.05) is 11.1 Å². The maximum absolute atomic E-state index is 13.6. The molecule has 1 amide bonds. The lowest BCUT2D eigenvalue weighted by atomic mass is 10.2. The second-order valence-corrected chi connectivity index (χ2v) is 8.35. The number of amides is 1. The van der Waals surface area contributed by atoms with Gasteiger partial charge >= 0.3 is 0 Å². The summed E-state index contributed by atoms with van der Waals surface area (Å²) in [6.45, 7) is 0. The normalized spacial score (nSPS) is 11.5. The van der Waals surface area contributed by atoms with Gasteiger partial charge in [-0.05, 0) is 40.8 Å². The summed E-state index contributed by atoms with van der Waals surface area (Å²) in [6, 6.07) is 9.54. The maximum Gasteiger partial charge on any atom is 0.236 e. The van der Waals surface area contributed by atoms with E-state index in [-0.39, 0.29) is 11.7 Å². The minimum absolute atomic E-state index is 0.0550. The van der Waals surface area contributed by atoms with Gasteiger partial charge in [0, 0.05) is 16.5 Å². The molecule has 2 aromatic carbocycles. The molecule has 8 nitrogen and oxygen atoms in total. The van der Waals surface area contributed by atoms with Gasteiger partial charge < -0.3 is 5.32 Å². The molecule has 0 spiro atoms. The number of thioether (sulfide) groups is 1. The van der Waals surface area contributed by atoms with Crippen LogP contribution in [0.2, 0.25) is 5.02 Å². The predicted molar refractivity (Wildman–Crippen MR) is 110 cm³/mol. The lowest BCUT2D eigenvalue weighted by Gasteiger charge is -2.05. The highest BCUT2D eigenvalue weighted by Gasteiger charge is 2.15. The zero-order chi connectivity index (χ0) is 20.0. The average molecular weight is 446 g/mol. The van der Waals surface area contributed by atoms with Gasteiger partial charge in [0.25, 0.3) is 0 Å². The highest BCUT2D eigenvalue weighted by Crippen LogP contribution is 2.29. The quantitative estimate of drug-likeness (QED) is 0.332. The first-order chi connectivity index (χ1) is 14.1. The first-order valence-electron chi connectivity index (χ1n) is 8.23. The van der Waals surface area contributed by atoms with Gasteiger partial charge in [0.15, 0.2) is 15.9 Å². The molecular weight excluding hydrogens is 437 g/mol. The smallest absolute Gasteiger partial charge is 0.236 e. The molecule has 144 valence electrons. The highest BCUT2D eigenvalue weighted by molar-refractivity contribution is 7.99. The molecule has 12 heteroatoms. The minimum Gasteiger partial charge on any atom is -0.301 e. The number of tetrazole rings is 1. The number of nitrogens with one attached hydrogen (secondary N) is 1. The Morgan fingerprint density at radius 1 is 1.21 bits per heavy atom. The van der Waals surface area contributed by atoms with Crippen LogP contribution in [0.5, 0.6) is 0 Å². The molecule has 0 aliphatic carbocycles. The average Bonchev–Trinajstić information content (AvgIpc) is 3.32. The zero-order valence-corrected chi connectivity index (χ0v) is 16.7. The van der Waals surface area contributed by atoms with E-state index >= 15 is 0 Å². The summed E-state index contributed by atoms with van der Waals surface area (Å²) in [7, 11) is 0. The Labute approximate surface area is 175 Å². The highest BCUT2D eigenvalue weighted by atomic mass is 35.5. The van der Waals surface area contributed by atoms with Crippen molar-refractivity contribution in [1.29, 1.82) is 0 Å². The van der Waals surface area contributed by atoms with Crippen LogP contribution in [0.25, 0.3) is 26.8 Å². The van der Waals surface area contributed by atoms with Crippen LogP contribution in [0.4, 0.5) is 9.52 Å². The molecule has 5 rings (SSSR count). The molecule has 5 aromatic rings. The molecule has 0 bridgehead atoms. The number of aromatic nitrogens is 6. The van der Waals surface area contributed by atoms with Crippen LogP contribution in [0.15, 0.2) is 41.6 Å². The van der Waals surface area contributed by atoms with Crippen molar-refractivity contribution < 1.29 is 9.18 Å². The van der Waals surface area contributed by atoms with E-state index in [0.717, 1.165) is 22.0 Å². The molecule has 0 saturated carbocycles. The lowest BCUT2D eigenvalue weighted by Crippen LogP contribution is -2.14. The van der Waals surface area contributed by atoms with Crippen molar-refractivity contribution >= 4 is 72.5 Å². The topological polar surface area (TPSA) is 98.0 Å². The van der Waals surface area contributed by atoms with E-state index in [2.05, 4.69) is 30.8 Å². The largest absolute Gasteiger partial charge is 0.301 e. The van der Waals surface area contributed by atoms with E-state index < -0.39 is 5.82 Å². The van der Waals surface area contributed by atoms with Crippen molar-refractivity contribution in [2.24, 2.45) is 0 Å². The fourth-order valence-electron chi connectivity index (χ4n) is 2.75. The standard InChI is InChI=1S/C17H9ClFN7OS2/c18-8-1-4-11-13(5-8)29-16(20-11)22-14(27)7-28-17-21-12-6-9(19)2-3-10(12)15-23-24-25-26(15)17/h1-6H,7H2,(H,20,22,27). The second kappa shape index (κ2) is 7.17. The Morgan fingerprint density at radius 2 is 2.10 bits per heavy atom. The van der Waals surface area contributed by atoms with Crippen LogP contribution in [0.3, 0.4) is 0 Å². The summed E-state index contributed by atoms with van der Waals surface area (Å²) in [5.74, 6) is -0.617. The van der Waals surface area contributed by atoms with Crippen molar-refractivity contribution in [2.45, 2.75) is 5.16 Å². The Morgan fingerprint density at radius 3 is 3.00 bits per heavy atom. The number of halogens is 2. The molecule has 0 radical (unpaired) electrons. The number of carbonyl (C=O) groups excluding carboxylic acids is 1. The van der Waals surface area contributed by atoms with Gasteiger partial charge in [-0.3, -0.25) is 4.79 Å². The second-order valence-electron chi connectivity index (χ2n) is 5.94. The fraction of sp³-hybridized carbons (Fsp3) is 0.0588. The van der Waals surface area contributed by atoms with Crippen molar-refractivity contribution in [3.8, 4) is 0 Å². The van der Waals surface area contributed by atoms with E-state index in [1.54, 1.807) is 24.3 Å². The summed E-state index contributed by atoms with van der Waals surface area (Å²) in [5.41, 5.74) is 1.62. The number of benzene rings is 2. The Hall–Kier alpha value is -2.89. The summed E-state index contributed by atoms with van der Waals surface area (Å²) in [4.78, 5) is 21.1. The van der Waals surface area contributed by atoms with Gasteiger partial charge in [-0.25, -0.2) is 14.4 Å². The molecule has 1 N–H and O–H groups in total. The van der Waals surface area contributed by atoms with Gasteiger partial charge in [0.2, 0.25) is 5.91 Å². The van der Waals surface area contributed by atoms with Crippen molar-refractivity contribution in [1.82, 2.24) is 30.0 Å². The van der Waals surface area contributed by atoms with E-state index in [1.165, 1.54) is 28.0 Å². The fourth-order valence-corrected chi connectivity index (χ4v) is 4.65. The zero-order valence-electron chi connectivity index (χ0n) is 14.3. The molecule has 0 aliphatic heterocycles. The molecule has 0 aliphatic rings. The molecule has 3 aromatic heterocycles. The Bertz CT molecular complexity index is 1400. The molecule has 3 heterocycles. The third kappa shape index (κ3) is 3.48. The number of thiazole rings is 1. The van der Waals surface area contributed by atoms with Crippen LogP contribution in [-0.4, -0.2) is 41.7 Å². The number of hydrogen-bond donors (Lipinski definition) is 1. The predicted octanol–water partition coefficient (Wildman–Crippen LogP) is 3.81. The number of nitrogens with zero attached hydrogens (tertiary/aromatic N) is 6. The van der Waals surface area contributed by atoms with Crippen molar-refractivity contribution in [3.63, 3.8) is 0 Å². The monoisotopic (exact) mass is 445 g/mol. The summed E-state index contributed by atoms with van der Waals surface area (Å²) in [5, 5.41) is 16.4. The van der Waals surface area contributed by atoms with Crippen LogP contribution in [0.1, 0.15) is 0 Å². The van der Waals surface area contributed by atoms with Gasteiger partial charge in [-0.1, -0.05) is 34.7 Å². The SMILES string of the molecule is O=C(CSc1nc2cc(F)ccc2c2nnnn12)Nc1nc2ccc(Cl)cc2s1. The number of rotatable bonds is 4. The van der Waals surface area contributed by atoms with E-state index in [4.69, 9.17) is 11.6 Å². The van der Waals surface area contributed by atoms with Gasteiger partial charge in [0.1, 0.15) is 5.82 Å². The van der Waals surface area contributed by atoms with Crippen LogP contribution in [0, 0.1) is 5.82 Å². The first kappa shape index (κ1) is 18.2. The Kier molecular flexibility index (Phi) is 4.49. The molecular formula is C17H9ClFN7OS2. The van der Waals surface area contributed by atoms with Crippen LogP contribution < -0.4 is 5.32 Å². The summed E-state index contributed by atoms with van der Waals surface area (Å²) < 4.78 is 15.9. The third-order valence-corrected chi connectivity index (χ3v) is 6.09. The Balaban J connectivity index is 1.37. The maximum atomic E-state index is 13.6. The van der Waals surface area contributed by atoms with Gasteiger partial charge in [-0.15, -0.1) is 5.10 Å². The van der Waals surface area contributed by atoms with Gasteiger partial charge in [-0.2, -0.15) is 4.52 Å². The van der Waals surface area contributed by atoms with E-state index in [1.807, 2.05) is 0 Å². The molecule has 0 fully saturated rings. The van der Waals surface area contributed by atoms with Crippen LogP contribution >= 0.6 is 34.7 Å². The molecule has 29 heavy (non-hydrogen) atoms. The summed E-state index contributed by atoms with van der Waals surface area (Å²) >= 11 is 8.46. The number of hydrogen-bond acceptors (Lipinski definition) is 8. The molecule has 0 unspecified atom stereocenters. The molecule has 0 atom stereocenters. The minimum atomic E-state index is -0.411. The van der Waals surface area contributed by atoms with Crippen LogP contribution in [-0.2, 0) is 4.79 Å². The summed E-state index contributed by atoms with van der Waals surface area (Å²) in [6.07, 6.45) is 0.